The van der Waals surface area contributed by atoms with Gasteiger partial charge in [-0.25, -0.2) is 9.37 Å². The number of benzene rings is 2. The molecule has 0 aliphatic carbocycles. The SMILES string of the molecule is Cc1ccc(C)c(-n2ccnc2SCC(=O)N(C)CC(=O)Nc2ccc(F)cc2)c1. The Hall–Kier alpha value is -3.13. The summed E-state index contributed by atoms with van der Waals surface area (Å²) in [5.41, 5.74) is 3.76. The van der Waals surface area contributed by atoms with Crippen molar-refractivity contribution < 1.29 is 14.0 Å². The molecule has 0 bridgehead atoms. The second kappa shape index (κ2) is 9.58. The predicted molar refractivity (Wildman–Crippen MR) is 116 cm³/mol. The van der Waals surface area contributed by atoms with Crippen LogP contribution in [0.4, 0.5) is 10.1 Å². The molecule has 6 nitrogen and oxygen atoms in total. The third-order valence-electron chi connectivity index (χ3n) is 4.49. The quantitative estimate of drug-likeness (QED) is 0.584. The van der Waals surface area contributed by atoms with E-state index in [9.17, 15) is 14.0 Å². The van der Waals surface area contributed by atoms with E-state index >= 15 is 0 Å². The number of carbonyl (C=O) groups excluding carboxylic acids is 2. The first-order valence-electron chi connectivity index (χ1n) is 9.36. The molecule has 3 rings (SSSR count). The minimum atomic E-state index is -0.378. The van der Waals surface area contributed by atoms with Crippen LogP contribution in [0.2, 0.25) is 0 Å². The van der Waals surface area contributed by atoms with E-state index in [4.69, 9.17) is 0 Å². The Morgan fingerprint density at radius 3 is 2.63 bits per heavy atom. The lowest BCUT2D eigenvalue weighted by Gasteiger charge is -2.17. The Morgan fingerprint density at radius 1 is 1.17 bits per heavy atom. The summed E-state index contributed by atoms with van der Waals surface area (Å²) >= 11 is 1.32. The summed E-state index contributed by atoms with van der Waals surface area (Å²) < 4.78 is 14.9. The van der Waals surface area contributed by atoms with Crippen LogP contribution in [0.5, 0.6) is 0 Å². The maximum absolute atomic E-state index is 12.9. The van der Waals surface area contributed by atoms with Gasteiger partial charge in [-0.15, -0.1) is 0 Å². The van der Waals surface area contributed by atoms with Crippen molar-refractivity contribution >= 4 is 29.3 Å². The van der Waals surface area contributed by atoms with Gasteiger partial charge in [0.15, 0.2) is 5.16 Å². The Kier molecular flexibility index (Phi) is 6.89. The average Bonchev–Trinajstić information content (AvgIpc) is 3.18. The molecule has 2 amide bonds. The average molecular weight is 427 g/mol. The van der Waals surface area contributed by atoms with Gasteiger partial charge in [-0.05, 0) is 55.3 Å². The standard InChI is InChI=1S/C22H23FN4O2S/c1-15-4-5-16(2)19(12-15)27-11-10-24-22(27)30-14-21(29)26(3)13-20(28)25-18-8-6-17(23)7-9-18/h4-12H,13-14H2,1-3H3,(H,25,28). The van der Waals surface area contributed by atoms with E-state index < -0.39 is 0 Å². The number of nitrogens with one attached hydrogen (secondary N) is 1. The van der Waals surface area contributed by atoms with Crippen LogP contribution in [-0.2, 0) is 9.59 Å². The lowest BCUT2D eigenvalue weighted by molar-refractivity contribution is -0.131. The van der Waals surface area contributed by atoms with Gasteiger partial charge >= 0.3 is 0 Å². The van der Waals surface area contributed by atoms with Gasteiger partial charge < -0.3 is 10.2 Å². The van der Waals surface area contributed by atoms with Crippen LogP contribution in [0.1, 0.15) is 11.1 Å². The largest absolute Gasteiger partial charge is 0.336 e. The number of amides is 2. The number of nitrogens with zero attached hydrogens (tertiary/aromatic N) is 3. The van der Waals surface area contributed by atoms with Gasteiger partial charge in [-0.1, -0.05) is 23.9 Å². The number of aryl methyl sites for hydroxylation is 2. The number of halogens is 1. The van der Waals surface area contributed by atoms with Crippen LogP contribution in [0.3, 0.4) is 0 Å². The van der Waals surface area contributed by atoms with Gasteiger partial charge in [-0.3, -0.25) is 14.2 Å². The van der Waals surface area contributed by atoms with Crippen molar-refractivity contribution in [2.24, 2.45) is 0 Å². The molecule has 0 fully saturated rings. The molecular formula is C22H23FN4O2S. The smallest absolute Gasteiger partial charge is 0.243 e. The van der Waals surface area contributed by atoms with Crippen LogP contribution in [0, 0.1) is 19.7 Å². The fourth-order valence-corrected chi connectivity index (χ4v) is 3.74. The zero-order valence-corrected chi connectivity index (χ0v) is 17.9. The number of likely N-dealkylation sites (N-methyl/N-ethyl adjacent to an activating group) is 1. The first kappa shape index (κ1) is 21.6. The second-order valence-corrected chi connectivity index (χ2v) is 7.91. The fraction of sp³-hybridized carbons (Fsp3) is 0.227. The van der Waals surface area contributed by atoms with Crippen LogP contribution in [0.25, 0.3) is 5.69 Å². The number of aromatic nitrogens is 2. The zero-order valence-electron chi connectivity index (χ0n) is 17.1. The first-order chi connectivity index (χ1) is 14.3. The molecule has 0 aliphatic rings. The monoisotopic (exact) mass is 426 g/mol. The van der Waals surface area contributed by atoms with E-state index in [0.717, 1.165) is 16.8 Å². The number of hydrogen-bond acceptors (Lipinski definition) is 4. The highest BCUT2D eigenvalue weighted by Crippen LogP contribution is 2.23. The molecule has 0 unspecified atom stereocenters. The summed E-state index contributed by atoms with van der Waals surface area (Å²) in [5, 5.41) is 3.35. The number of rotatable bonds is 7. The second-order valence-electron chi connectivity index (χ2n) is 6.96. The number of imidazole rings is 1. The van der Waals surface area contributed by atoms with Crippen LogP contribution in [0.15, 0.2) is 60.0 Å². The molecule has 1 heterocycles. The summed E-state index contributed by atoms with van der Waals surface area (Å²) in [5.74, 6) is -0.761. The molecule has 0 saturated heterocycles. The van der Waals surface area contributed by atoms with E-state index in [1.165, 1.54) is 40.9 Å². The maximum atomic E-state index is 12.9. The molecule has 0 saturated carbocycles. The minimum absolute atomic E-state index is 0.0950. The van der Waals surface area contributed by atoms with Crippen molar-refractivity contribution in [1.29, 1.82) is 0 Å². The third-order valence-corrected chi connectivity index (χ3v) is 5.44. The van der Waals surface area contributed by atoms with Crippen molar-refractivity contribution in [2.45, 2.75) is 19.0 Å². The van der Waals surface area contributed by atoms with Crippen molar-refractivity contribution in [3.8, 4) is 5.69 Å². The van der Waals surface area contributed by atoms with E-state index in [2.05, 4.69) is 28.5 Å². The molecule has 3 aromatic rings. The van der Waals surface area contributed by atoms with Crippen molar-refractivity contribution in [2.75, 3.05) is 24.7 Å². The van der Waals surface area contributed by atoms with Crippen molar-refractivity contribution in [3.05, 3.63) is 71.8 Å². The molecule has 2 aromatic carbocycles. The summed E-state index contributed by atoms with van der Waals surface area (Å²) in [7, 11) is 1.57. The van der Waals surface area contributed by atoms with Crippen LogP contribution in [-0.4, -0.2) is 45.6 Å². The Labute approximate surface area is 179 Å². The minimum Gasteiger partial charge on any atom is -0.336 e. The molecule has 0 aliphatic heterocycles. The van der Waals surface area contributed by atoms with E-state index in [1.54, 1.807) is 13.2 Å². The molecule has 1 N–H and O–H groups in total. The fourth-order valence-electron chi connectivity index (χ4n) is 2.83. The van der Waals surface area contributed by atoms with Crippen molar-refractivity contribution in [1.82, 2.24) is 14.5 Å². The van der Waals surface area contributed by atoms with E-state index in [1.807, 2.05) is 24.6 Å². The maximum Gasteiger partial charge on any atom is 0.243 e. The summed E-state index contributed by atoms with van der Waals surface area (Å²) in [4.78, 5) is 30.3. The molecule has 8 heteroatoms. The Morgan fingerprint density at radius 2 is 1.90 bits per heavy atom. The molecular weight excluding hydrogens is 403 g/mol. The predicted octanol–water partition coefficient (Wildman–Crippen LogP) is 3.82. The Bertz CT molecular complexity index is 1050. The van der Waals surface area contributed by atoms with Gasteiger partial charge in [0.05, 0.1) is 18.0 Å². The highest BCUT2D eigenvalue weighted by molar-refractivity contribution is 7.99. The molecule has 156 valence electrons. The lowest BCUT2D eigenvalue weighted by Crippen LogP contribution is -2.36. The van der Waals surface area contributed by atoms with Gasteiger partial charge in [0.1, 0.15) is 5.82 Å². The highest BCUT2D eigenvalue weighted by Gasteiger charge is 2.16. The zero-order chi connectivity index (χ0) is 21.7. The first-order valence-corrected chi connectivity index (χ1v) is 10.3. The lowest BCUT2D eigenvalue weighted by atomic mass is 10.1. The summed E-state index contributed by atoms with van der Waals surface area (Å²) in [6, 6.07) is 11.7. The topological polar surface area (TPSA) is 67.2 Å². The number of thioether (sulfide) groups is 1. The van der Waals surface area contributed by atoms with E-state index in [0.29, 0.717) is 10.8 Å². The molecule has 1 aromatic heterocycles. The van der Waals surface area contributed by atoms with E-state index in [-0.39, 0.29) is 29.9 Å². The number of anilines is 1. The molecule has 0 spiro atoms. The van der Waals surface area contributed by atoms with Gasteiger partial charge in [0.2, 0.25) is 11.8 Å². The summed E-state index contributed by atoms with van der Waals surface area (Å²) in [6.07, 6.45) is 3.57. The van der Waals surface area contributed by atoms with Crippen molar-refractivity contribution in [3.63, 3.8) is 0 Å². The Balaban J connectivity index is 1.57. The van der Waals surface area contributed by atoms with Gasteiger partial charge in [-0.2, -0.15) is 0 Å². The van der Waals surface area contributed by atoms with Gasteiger partial charge in [0, 0.05) is 25.1 Å². The highest BCUT2D eigenvalue weighted by atomic mass is 32.2. The summed E-state index contributed by atoms with van der Waals surface area (Å²) in [6.45, 7) is 3.96. The normalized spacial score (nSPS) is 10.7. The van der Waals surface area contributed by atoms with Crippen LogP contribution >= 0.6 is 11.8 Å². The number of carbonyl (C=O) groups is 2. The van der Waals surface area contributed by atoms with Gasteiger partial charge in [0.25, 0.3) is 0 Å². The molecule has 0 atom stereocenters. The molecule has 0 radical (unpaired) electrons. The molecule has 30 heavy (non-hydrogen) atoms. The van der Waals surface area contributed by atoms with Crippen LogP contribution < -0.4 is 5.32 Å². The number of hydrogen-bond donors (Lipinski definition) is 1. The third kappa shape index (κ3) is 5.48.